The van der Waals surface area contributed by atoms with Gasteiger partial charge in [0.05, 0.1) is 7.11 Å². The van der Waals surface area contributed by atoms with E-state index in [4.69, 9.17) is 9.47 Å². The van der Waals surface area contributed by atoms with Gasteiger partial charge in [-0.2, -0.15) is 0 Å². The predicted molar refractivity (Wildman–Crippen MR) is 78.8 cm³/mol. The number of amides is 1. The van der Waals surface area contributed by atoms with Crippen LogP contribution >= 0.6 is 0 Å². The second-order valence-electron chi connectivity index (χ2n) is 4.43. The van der Waals surface area contributed by atoms with Gasteiger partial charge in [0.25, 0.3) is 0 Å². The van der Waals surface area contributed by atoms with Crippen molar-refractivity contribution in [2.24, 2.45) is 0 Å². The Kier molecular flexibility index (Phi) is 8.42. The van der Waals surface area contributed by atoms with Gasteiger partial charge >= 0.3 is 0 Å². The molecule has 0 radical (unpaired) electrons. The summed E-state index contributed by atoms with van der Waals surface area (Å²) < 4.78 is 10.2. The first-order valence-electron chi connectivity index (χ1n) is 6.86. The molecule has 1 aromatic carbocycles. The number of hydrogen-bond donors (Lipinski definition) is 2. The smallest absolute Gasteiger partial charge is 0.221 e. The third-order valence-electron chi connectivity index (χ3n) is 2.90. The monoisotopic (exact) mass is 280 g/mol. The number of rotatable bonds is 10. The number of carbonyl (C=O) groups is 1. The minimum atomic E-state index is 0.0372. The molecule has 2 N–H and O–H groups in total. The summed E-state index contributed by atoms with van der Waals surface area (Å²) in [7, 11) is 3.32. The van der Waals surface area contributed by atoms with Crippen LogP contribution in [0, 0.1) is 0 Å². The SMILES string of the molecule is COCCCNCCC(=O)NCc1ccccc1OC. The lowest BCUT2D eigenvalue weighted by molar-refractivity contribution is -0.121. The van der Waals surface area contributed by atoms with E-state index >= 15 is 0 Å². The van der Waals surface area contributed by atoms with Crippen molar-refractivity contribution in [3.05, 3.63) is 29.8 Å². The van der Waals surface area contributed by atoms with E-state index in [0.29, 0.717) is 19.5 Å². The number of methoxy groups -OCH3 is 2. The van der Waals surface area contributed by atoms with Crippen LogP contribution in [-0.2, 0) is 16.1 Å². The summed E-state index contributed by atoms with van der Waals surface area (Å²) in [6.07, 6.45) is 1.43. The maximum atomic E-state index is 11.7. The molecule has 0 aliphatic heterocycles. The Balaban J connectivity index is 2.16. The highest BCUT2D eigenvalue weighted by Gasteiger charge is 2.04. The summed E-state index contributed by atoms with van der Waals surface area (Å²) in [5.41, 5.74) is 0.983. The molecule has 5 nitrogen and oxygen atoms in total. The molecule has 5 heteroatoms. The van der Waals surface area contributed by atoms with Crippen molar-refractivity contribution in [3.8, 4) is 5.75 Å². The van der Waals surface area contributed by atoms with Gasteiger partial charge in [-0.1, -0.05) is 18.2 Å². The van der Waals surface area contributed by atoms with Crippen LogP contribution in [0.3, 0.4) is 0 Å². The average molecular weight is 280 g/mol. The summed E-state index contributed by atoms with van der Waals surface area (Å²) in [5, 5.41) is 6.10. The number of hydrogen-bond acceptors (Lipinski definition) is 4. The Labute approximate surface area is 120 Å². The molecule has 0 bridgehead atoms. The number of para-hydroxylation sites is 1. The molecule has 0 saturated carbocycles. The molecule has 0 aliphatic carbocycles. The Morgan fingerprint density at radius 2 is 2.00 bits per heavy atom. The highest BCUT2D eigenvalue weighted by atomic mass is 16.5. The summed E-state index contributed by atoms with van der Waals surface area (Å²) in [6, 6.07) is 7.68. The summed E-state index contributed by atoms with van der Waals surface area (Å²) >= 11 is 0. The van der Waals surface area contributed by atoms with E-state index < -0.39 is 0 Å². The minimum absolute atomic E-state index is 0.0372. The van der Waals surface area contributed by atoms with Gasteiger partial charge in [-0.15, -0.1) is 0 Å². The molecule has 1 amide bonds. The van der Waals surface area contributed by atoms with Crippen LogP contribution < -0.4 is 15.4 Å². The van der Waals surface area contributed by atoms with Gasteiger partial charge < -0.3 is 20.1 Å². The maximum absolute atomic E-state index is 11.7. The Hall–Kier alpha value is -1.59. The lowest BCUT2D eigenvalue weighted by Gasteiger charge is -2.09. The van der Waals surface area contributed by atoms with Crippen LogP contribution in [0.25, 0.3) is 0 Å². The predicted octanol–water partition coefficient (Wildman–Crippen LogP) is 1.33. The second-order valence-corrected chi connectivity index (χ2v) is 4.43. The van der Waals surface area contributed by atoms with Crippen LogP contribution in [0.5, 0.6) is 5.75 Å². The summed E-state index contributed by atoms with van der Waals surface area (Å²) in [5.74, 6) is 0.834. The van der Waals surface area contributed by atoms with Gasteiger partial charge in [0.2, 0.25) is 5.91 Å². The molecule has 0 heterocycles. The maximum Gasteiger partial charge on any atom is 0.221 e. The van der Waals surface area contributed by atoms with Crippen LogP contribution in [-0.4, -0.2) is 39.8 Å². The zero-order chi connectivity index (χ0) is 14.6. The fraction of sp³-hybridized carbons (Fsp3) is 0.533. The van der Waals surface area contributed by atoms with E-state index in [2.05, 4.69) is 10.6 Å². The third-order valence-corrected chi connectivity index (χ3v) is 2.90. The van der Waals surface area contributed by atoms with Crippen molar-refractivity contribution in [2.75, 3.05) is 33.9 Å². The van der Waals surface area contributed by atoms with Gasteiger partial charge in [0, 0.05) is 38.8 Å². The second kappa shape index (κ2) is 10.2. The largest absolute Gasteiger partial charge is 0.496 e. The molecule has 0 aromatic heterocycles. The van der Waals surface area contributed by atoms with E-state index in [9.17, 15) is 4.79 Å². The number of ether oxygens (including phenoxy) is 2. The van der Waals surface area contributed by atoms with Crippen LogP contribution in [0.15, 0.2) is 24.3 Å². The van der Waals surface area contributed by atoms with E-state index in [1.54, 1.807) is 14.2 Å². The molecule has 0 aliphatic rings. The van der Waals surface area contributed by atoms with E-state index in [1.807, 2.05) is 24.3 Å². The molecule has 0 atom stereocenters. The van der Waals surface area contributed by atoms with Gasteiger partial charge in [-0.25, -0.2) is 0 Å². The Morgan fingerprint density at radius 3 is 2.75 bits per heavy atom. The van der Waals surface area contributed by atoms with Crippen molar-refractivity contribution in [1.29, 1.82) is 0 Å². The molecule has 1 aromatic rings. The minimum Gasteiger partial charge on any atom is -0.496 e. The van der Waals surface area contributed by atoms with Gasteiger partial charge in [0.1, 0.15) is 5.75 Å². The van der Waals surface area contributed by atoms with Crippen LogP contribution in [0.4, 0.5) is 0 Å². The Morgan fingerprint density at radius 1 is 1.20 bits per heavy atom. The molecule has 0 fully saturated rings. The molecule has 20 heavy (non-hydrogen) atoms. The Bertz CT molecular complexity index is 396. The first-order chi connectivity index (χ1) is 9.77. The van der Waals surface area contributed by atoms with Crippen molar-refractivity contribution in [3.63, 3.8) is 0 Å². The van der Waals surface area contributed by atoms with Crippen molar-refractivity contribution < 1.29 is 14.3 Å². The lowest BCUT2D eigenvalue weighted by atomic mass is 10.2. The van der Waals surface area contributed by atoms with Crippen molar-refractivity contribution >= 4 is 5.91 Å². The number of nitrogens with one attached hydrogen (secondary N) is 2. The van der Waals surface area contributed by atoms with Gasteiger partial charge in [-0.05, 0) is 19.0 Å². The lowest BCUT2D eigenvalue weighted by Crippen LogP contribution is -2.28. The van der Waals surface area contributed by atoms with E-state index in [0.717, 1.165) is 30.9 Å². The topological polar surface area (TPSA) is 59.6 Å². The standard InChI is InChI=1S/C15H24N2O3/c1-19-11-5-9-16-10-8-15(18)17-12-13-6-3-4-7-14(13)20-2/h3-4,6-7,16H,5,8-12H2,1-2H3,(H,17,18). The molecular weight excluding hydrogens is 256 g/mol. The van der Waals surface area contributed by atoms with E-state index in [-0.39, 0.29) is 5.91 Å². The summed E-state index contributed by atoms with van der Waals surface area (Å²) in [6.45, 7) is 2.79. The molecule has 0 unspecified atom stereocenters. The van der Waals surface area contributed by atoms with Gasteiger partial charge in [-0.3, -0.25) is 4.79 Å². The zero-order valence-electron chi connectivity index (χ0n) is 12.3. The molecule has 0 saturated heterocycles. The quantitative estimate of drug-likeness (QED) is 0.635. The first kappa shape index (κ1) is 16.5. The number of carbonyl (C=O) groups excluding carboxylic acids is 1. The highest BCUT2D eigenvalue weighted by molar-refractivity contribution is 5.76. The van der Waals surface area contributed by atoms with Crippen molar-refractivity contribution in [1.82, 2.24) is 10.6 Å². The molecule has 112 valence electrons. The fourth-order valence-electron chi connectivity index (χ4n) is 1.80. The van der Waals surface area contributed by atoms with E-state index in [1.165, 1.54) is 0 Å². The zero-order valence-corrected chi connectivity index (χ0v) is 12.3. The molecule has 1 rings (SSSR count). The highest BCUT2D eigenvalue weighted by Crippen LogP contribution is 2.16. The normalized spacial score (nSPS) is 10.3. The van der Waals surface area contributed by atoms with Crippen LogP contribution in [0.2, 0.25) is 0 Å². The molecule has 0 spiro atoms. The number of benzene rings is 1. The summed E-state index contributed by atoms with van der Waals surface area (Å²) in [4.78, 5) is 11.7. The van der Waals surface area contributed by atoms with Gasteiger partial charge in [0.15, 0.2) is 0 Å². The van der Waals surface area contributed by atoms with Crippen molar-refractivity contribution in [2.45, 2.75) is 19.4 Å². The average Bonchev–Trinajstić information content (AvgIpc) is 2.49. The van der Waals surface area contributed by atoms with Crippen LogP contribution in [0.1, 0.15) is 18.4 Å². The first-order valence-corrected chi connectivity index (χ1v) is 6.86. The molecular formula is C15H24N2O3. The fourth-order valence-corrected chi connectivity index (χ4v) is 1.80. The third kappa shape index (κ3) is 6.54.